The van der Waals surface area contributed by atoms with Crippen molar-refractivity contribution in [3.8, 4) is 5.75 Å². The van der Waals surface area contributed by atoms with Crippen LogP contribution in [0.2, 0.25) is 0 Å². The highest BCUT2D eigenvalue weighted by Crippen LogP contribution is 2.57. The number of carbonyl (C=O) groups excluding carboxylic acids is 4. The van der Waals surface area contributed by atoms with Gasteiger partial charge < -0.3 is 19.9 Å². The molecule has 37 heavy (non-hydrogen) atoms. The highest BCUT2D eigenvalue weighted by atomic mass is 32.2. The second-order valence-corrected chi connectivity index (χ2v) is 10.5. The summed E-state index contributed by atoms with van der Waals surface area (Å²) in [6.07, 6.45) is 8.38. The zero-order valence-electron chi connectivity index (χ0n) is 20.8. The van der Waals surface area contributed by atoms with Crippen LogP contribution in [0.25, 0.3) is 0 Å². The smallest absolute Gasteiger partial charge is 0.345 e. The number of rotatable bonds is 9. The summed E-state index contributed by atoms with van der Waals surface area (Å²) in [5, 5.41) is -0.660. The van der Waals surface area contributed by atoms with Gasteiger partial charge in [0.25, 0.3) is 0 Å². The Hall–Kier alpha value is -3.24. The molecule has 2 aliphatic heterocycles. The number of nitrogens with two attached hydrogens (primary N) is 1. The van der Waals surface area contributed by atoms with E-state index < -0.39 is 39.9 Å². The fourth-order valence-corrected chi connectivity index (χ4v) is 6.99. The third kappa shape index (κ3) is 5.40. The Morgan fingerprint density at radius 1 is 1.19 bits per heavy atom. The standard InChI is InChI=1S/C27H30N2O7S/c1-3-35-26(33)22-18-13-15-29-21-6-4-5-14-27(18,21)37-23(22)20(30)12-11-19(28)25(32)36-24(31)16-7-9-17(34-2)10-8-16/h4-10,14,18-19,22-23H,3,11-13,15,28H2,1-2H3. The van der Waals surface area contributed by atoms with Crippen molar-refractivity contribution >= 4 is 41.2 Å². The lowest BCUT2D eigenvalue weighted by Gasteiger charge is -2.37. The number of benzene rings is 1. The van der Waals surface area contributed by atoms with E-state index in [4.69, 9.17) is 19.9 Å². The number of esters is 3. The van der Waals surface area contributed by atoms with E-state index in [0.717, 1.165) is 5.71 Å². The number of thioether (sulfide) groups is 1. The molecule has 1 saturated heterocycles. The van der Waals surface area contributed by atoms with Crippen LogP contribution in [0.3, 0.4) is 0 Å². The summed E-state index contributed by atoms with van der Waals surface area (Å²) in [5.74, 6) is -2.54. The number of methoxy groups -OCH3 is 1. The topological polar surface area (TPSA) is 134 Å². The van der Waals surface area contributed by atoms with Crippen molar-refractivity contribution in [2.75, 3.05) is 20.3 Å². The van der Waals surface area contributed by atoms with Gasteiger partial charge in [0, 0.05) is 13.0 Å². The summed E-state index contributed by atoms with van der Waals surface area (Å²) < 4.78 is 14.8. The molecule has 2 N–H and O–H groups in total. The van der Waals surface area contributed by atoms with Crippen molar-refractivity contribution in [2.24, 2.45) is 22.6 Å². The Labute approximate surface area is 219 Å². The maximum atomic E-state index is 13.4. The van der Waals surface area contributed by atoms with Crippen LogP contribution in [-0.2, 0) is 23.9 Å². The molecule has 1 aliphatic carbocycles. The molecule has 1 spiro atoms. The zero-order chi connectivity index (χ0) is 26.6. The lowest BCUT2D eigenvalue weighted by Crippen LogP contribution is -2.45. The molecule has 0 amide bonds. The van der Waals surface area contributed by atoms with Crippen molar-refractivity contribution in [3.63, 3.8) is 0 Å². The SMILES string of the molecule is CCOC(=O)C1C(C(=O)CCC(N)C(=O)OC(=O)c2ccc(OC)cc2)SC23C=CC=CC2=NCCC13. The van der Waals surface area contributed by atoms with Crippen LogP contribution in [-0.4, -0.2) is 65.7 Å². The molecule has 5 atom stereocenters. The van der Waals surface area contributed by atoms with E-state index >= 15 is 0 Å². The van der Waals surface area contributed by atoms with Crippen molar-refractivity contribution in [2.45, 2.75) is 42.2 Å². The fraction of sp³-hybridized carbons (Fsp3) is 0.444. The molecule has 3 aliphatic rings. The van der Waals surface area contributed by atoms with Gasteiger partial charge in [0.05, 0.1) is 40.9 Å². The van der Waals surface area contributed by atoms with Crippen molar-refractivity contribution in [1.29, 1.82) is 0 Å². The average Bonchev–Trinajstić information content (AvgIpc) is 3.25. The maximum Gasteiger partial charge on any atom is 0.345 e. The van der Waals surface area contributed by atoms with Gasteiger partial charge in [-0.15, -0.1) is 11.8 Å². The second kappa shape index (κ2) is 11.4. The molecule has 10 heteroatoms. The summed E-state index contributed by atoms with van der Waals surface area (Å²) in [5.41, 5.74) is 6.99. The maximum absolute atomic E-state index is 13.4. The Kier molecular flexibility index (Phi) is 8.29. The van der Waals surface area contributed by atoms with Crippen molar-refractivity contribution in [3.05, 3.63) is 54.1 Å². The highest BCUT2D eigenvalue weighted by molar-refractivity contribution is 8.03. The molecule has 9 nitrogen and oxygen atoms in total. The first-order chi connectivity index (χ1) is 17.8. The van der Waals surface area contributed by atoms with Crippen LogP contribution < -0.4 is 10.5 Å². The normalized spacial score (nSPS) is 26.4. The van der Waals surface area contributed by atoms with Crippen LogP contribution in [0.5, 0.6) is 5.75 Å². The van der Waals surface area contributed by atoms with E-state index in [9.17, 15) is 19.2 Å². The van der Waals surface area contributed by atoms with E-state index in [1.54, 1.807) is 19.1 Å². The molecule has 0 radical (unpaired) electrons. The van der Waals surface area contributed by atoms with Crippen molar-refractivity contribution < 1.29 is 33.4 Å². The van der Waals surface area contributed by atoms with Gasteiger partial charge in [0.1, 0.15) is 17.6 Å². The van der Waals surface area contributed by atoms with E-state index in [0.29, 0.717) is 18.7 Å². The third-order valence-corrected chi connectivity index (χ3v) is 8.71. The van der Waals surface area contributed by atoms with Crippen LogP contribution in [0.1, 0.15) is 36.5 Å². The van der Waals surface area contributed by atoms with Crippen LogP contribution in [0.15, 0.2) is 53.6 Å². The first-order valence-electron chi connectivity index (χ1n) is 12.2. The van der Waals surface area contributed by atoms with Gasteiger partial charge in [-0.1, -0.05) is 18.2 Å². The van der Waals surface area contributed by atoms with Gasteiger partial charge in [-0.25, -0.2) is 9.59 Å². The minimum Gasteiger partial charge on any atom is -0.497 e. The molecular formula is C27H30N2O7S. The largest absolute Gasteiger partial charge is 0.497 e. The number of aliphatic imine (C=N–C) groups is 1. The molecule has 1 fully saturated rings. The molecule has 1 aromatic carbocycles. The monoisotopic (exact) mass is 526 g/mol. The average molecular weight is 527 g/mol. The summed E-state index contributed by atoms with van der Waals surface area (Å²) in [7, 11) is 1.50. The molecule has 0 saturated carbocycles. The first-order valence-corrected chi connectivity index (χ1v) is 13.1. The number of nitrogens with zero attached hydrogens (tertiary/aromatic N) is 1. The predicted molar refractivity (Wildman–Crippen MR) is 139 cm³/mol. The van der Waals surface area contributed by atoms with Gasteiger partial charge >= 0.3 is 17.9 Å². The fourth-order valence-electron chi connectivity index (χ4n) is 5.02. The molecule has 0 aromatic heterocycles. The molecule has 1 aromatic rings. The van der Waals surface area contributed by atoms with E-state index in [-0.39, 0.29) is 36.7 Å². The molecule has 2 heterocycles. The van der Waals surface area contributed by atoms with E-state index in [1.165, 1.54) is 31.0 Å². The number of ketones is 1. The zero-order valence-corrected chi connectivity index (χ0v) is 21.6. The quantitative estimate of drug-likeness (QED) is 0.381. The molecular weight excluding hydrogens is 496 g/mol. The predicted octanol–water partition coefficient (Wildman–Crippen LogP) is 2.68. The van der Waals surface area contributed by atoms with Crippen molar-refractivity contribution in [1.82, 2.24) is 0 Å². The number of ether oxygens (including phenoxy) is 3. The van der Waals surface area contributed by atoms with Gasteiger partial charge in [0.2, 0.25) is 0 Å². The van der Waals surface area contributed by atoms with E-state index in [1.807, 2.05) is 24.3 Å². The molecule has 5 unspecified atom stereocenters. The first kappa shape index (κ1) is 26.8. The highest BCUT2D eigenvalue weighted by Gasteiger charge is 2.60. The molecule has 196 valence electrons. The summed E-state index contributed by atoms with van der Waals surface area (Å²) in [4.78, 5) is 55.8. The summed E-state index contributed by atoms with van der Waals surface area (Å²) >= 11 is 1.43. The Balaban J connectivity index is 1.41. The van der Waals surface area contributed by atoms with Gasteiger partial charge in [-0.2, -0.15) is 0 Å². The summed E-state index contributed by atoms with van der Waals surface area (Å²) in [6.45, 7) is 2.54. The minimum absolute atomic E-state index is 0.0193. The van der Waals surface area contributed by atoms with Crippen LogP contribution in [0, 0.1) is 11.8 Å². The number of Topliss-reactive ketones (excluding diaryl/α,β-unsaturated/α-hetero) is 1. The molecule has 0 bridgehead atoms. The van der Waals surface area contributed by atoms with Gasteiger partial charge in [-0.05, 0) is 56.0 Å². The lowest BCUT2D eigenvalue weighted by molar-refractivity contribution is -0.151. The number of hydrogen-bond acceptors (Lipinski definition) is 10. The Morgan fingerprint density at radius 3 is 2.65 bits per heavy atom. The number of carbonyl (C=O) groups is 4. The van der Waals surface area contributed by atoms with Crippen LogP contribution in [0.4, 0.5) is 0 Å². The molecule has 4 rings (SSSR count). The van der Waals surface area contributed by atoms with Gasteiger partial charge in [0.15, 0.2) is 0 Å². The Bertz CT molecular complexity index is 1160. The Morgan fingerprint density at radius 2 is 1.95 bits per heavy atom. The minimum atomic E-state index is -1.17. The number of allylic oxidation sites excluding steroid dienone is 3. The third-order valence-electron chi connectivity index (χ3n) is 6.86. The van der Waals surface area contributed by atoms with Gasteiger partial charge in [-0.3, -0.25) is 14.6 Å². The van der Waals surface area contributed by atoms with Crippen LogP contribution >= 0.6 is 11.8 Å². The van der Waals surface area contributed by atoms with E-state index in [2.05, 4.69) is 4.99 Å². The summed E-state index contributed by atoms with van der Waals surface area (Å²) in [6, 6.07) is 4.92. The lowest BCUT2D eigenvalue weighted by atomic mass is 9.72. The number of hydrogen-bond donors (Lipinski definition) is 1. The second-order valence-electron chi connectivity index (χ2n) is 9.04.